The van der Waals surface area contributed by atoms with E-state index in [1.807, 2.05) is 0 Å². The van der Waals surface area contributed by atoms with Crippen molar-refractivity contribution < 1.29 is 37.0 Å². The van der Waals surface area contributed by atoms with Gasteiger partial charge in [0.15, 0.2) is 0 Å². The Bertz CT molecular complexity index is 1020. The molecule has 33 heavy (non-hydrogen) atoms. The topological polar surface area (TPSA) is 90.0 Å². The number of halogens is 3. The lowest BCUT2D eigenvalue weighted by molar-refractivity contribution is -0.326. The highest BCUT2D eigenvalue weighted by Crippen LogP contribution is 2.46. The van der Waals surface area contributed by atoms with Gasteiger partial charge < -0.3 is 19.7 Å². The number of hydrogen-bond donors (Lipinski definition) is 1. The molecule has 0 radical (unpaired) electrons. The Labute approximate surface area is 192 Å². The average molecular weight is 488 g/mol. The van der Waals surface area contributed by atoms with Gasteiger partial charge in [-0.25, -0.2) is 9.78 Å². The summed E-state index contributed by atoms with van der Waals surface area (Å²) in [5, 5.41) is 4.42. The maximum Gasteiger partial charge on any atom is 0.522 e. The molecule has 2 amide bonds. The Kier molecular flexibility index (Phi) is 6.94. The number of carbonyl (C=O) groups is 2. The van der Waals surface area contributed by atoms with Crippen molar-refractivity contribution in [3.8, 4) is 5.88 Å². The van der Waals surface area contributed by atoms with E-state index in [0.717, 1.165) is 23.1 Å². The Morgan fingerprint density at radius 2 is 1.94 bits per heavy atom. The molecule has 180 valence electrons. The molecule has 2 aliphatic rings. The van der Waals surface area contributed by atoms with Crippen LogP contribution in [0.3, 0.4) is 0 Å². The first kappa shape index (κ1) is 23.6. The van der Waals surface area contributed by atoms with Crippen LogP contribution in [-0.4, -0.2) is 67.7 Å². The SMILES string of the molecule is CNC(=O)c1csc2cc(C3CC3)c(OC3CCN(C(=O)OCCOC(F)(F)F)CC3)nc12. The van der Waals surface area contributed by atoms with Gasteiger partial charge in [0.2, 0.25) is 5.88 Å². The van der Waals surface area contributed by atoms with E-state index in [9.17, 15) is 22.8 Å². The van der Waals surface area contributed by atoms with Gasteiger partial charge in [-0.15, -0.1) is 24.5 Å². The number of carbonyl (C=O) groups excluding carboxylic acids is 2. The molecule has 0 bridgehead atoms. The number of nitrogens with zero attached hydrogens (tertiary/aromatic N) is 2. The van der Waals surface area contributed by atoms with Gasteiger partial charge in [-0.3, -0.25) is 9.53 Å². The largest absolute Gasteiger partial charge is 0.522 e. The van der Waals surface area contributed by atoms with Crippen LogP contribution in [0.5, 0.6) is 5.88 Å². The fraction of sp³-hybridized carbons (Fsp3) is 0.571. The van der Waals surface area contributed by atoms with Crippen LogP contribution in [0.15, 0.2) is 11.4 Å². The summed E-state index contributed by atoms with van der Waals surface area (Å²) in [4.78, 5) is 30.4. The lowest BCUT2D eigenvalue weighted by Crippen LogP contribution is -2.42. The number of hydrogen-bond acceptors (Lipinski definition) is 7. The number of likely N-dealkylation sites (tertiary alicyclic amines) is 1. The fourth-order valence-corrected chi connectivity index (χ4v) is 4.65. The molecule has 12 heteroatoms. The third-order valence-electron chi connectivity index (χ3n) is 5.58. The Balaban J connectivity index is 1.36. The second-order valence-corrected chi connectivity index (χ2v) is 8.86. The van der Waals surface area contributed by atoms with Crippen molar-refractivity contribution in [1.82, 2.24) is 15.2 Å². The van der Waals surface area contributed by atoms with E-state index in [1.165, 1.54) is 16.2 Å². The number of alkyl halides is 3. The fourth-order valence-electron chi connectivity index (χ4n) is 3.72. The minimum absolute atomic E-state index is 0.174. The molecule has 3 heterocycles. The van der Waals surface area contributed by atoms with Gasteiger partial charge in [-0.05, 0) is 24.8 Å². The van der Waals surface area contributed by atoms with Crippen molar-refractivity contribution >= 4 is 33.6 Å². The monoisotopic (exact) mass is 487 g/mol. The van der Waals surface area contributed by atoms with Crippen molar-refractivity contribution in [2.45, 2.75) is 44.1 Å². The molecule has 2 aromatic rings. The van der Waals surface area contributed by atoms with Crippen LogP contribution >= 0.6 is 11.3 Å². The minimum Gasteiger partial charge on any atom is -0.474 e. The molecule has 0 atom stereocenters. The molecule has 1 aliphatic heterocycles. The summed E-state index contributed by atoms with van der Waals surface area (Å²) in [6.07, 6.45) is -2.40. The van der Waals surface area contributed by atoms with Gasteiger partial charge in [0.05, 0.1) is 22.4 Å². The molecule has 0 spiro atoms. The lowest BCUT2D eigenvalue weighted by atomic mass is 10.1. The molecule has 4 rings (SSSR count). The van der Waals surface area contributed by atoms with Crippen molar-refractivity contribution in [2.75, 3.05) is 33.4 Å². The molecule has 1 saturated carbocycles. The zero-order chi connectivity index (χ0) is 23.6. The normalized spacial score (nSPS) is 17.3. The predicted molar refractivity (Wildman–Crippen MR) is 114 cm³/mol. The van der Waals surface area contributed by atoms with Crippen LogP contribution in [0, 0.1) is 0 Å². The zero-order valence-electron chi connectivity index (χ0n) is 17.9. The van der Waals surface area contributed by atoms with E-state index < -0.39 is 25.7 Å². The molecule has 2 fully saturated rings. The number of thiophene rings is 1. The van der Waals surface area contributed by atoms with Crippen molar-refractivity contribution in [1.29, 1.82) is 0 Å². The number of aromatic nitrogens is 1. The first-order valence-corrected chi connectivity index (χ1v) is 11.6. The smallest absolute Gasteiger partial charge is 0.474 e. The second kappa shape index (κ2) is 9.72. The first-order valence-electron chi connectivity index (χ1n) is 10.7. The molecular weight excluding hydrogens is 463 g/mol. The second-order valence-electron chi connectivity index (χ2n) is 7.95. The maximum atomic E-state index is 12.2. The number of nitrogens with one attached hydrogen (secondary N) is 1. The van der Waals surface area contributed by atoms with Crippen LogP contribution in [0.25, 0.3) is 10.2 Å². The molecule has 1 saturated heterocycles. The molecule has 1 N–H and O–H groups in total. The molecule has 0 aromatic carbocycles. The van der Waals surface area contributed by atoms with Gasteiger partial charge in [0.1, 0.15) is 12.7 Å². The maximum absolute atomic E-state index is 12.2. The van der Waals surface area contributed by atoms with E-state index in [4.69, 9.17) is 14.5 Å². The van der Waals surface area contributed by atoms with Crippen molar-refractivity contribution in [2.24, 2.45) is 0 Å². The lowest BCUT2D eigenvalue weighted by Gasteiger charge is -2.31. The third-order valence-corrected chi connectivity index (χ3v) is 6.50. The highest BCUT2D eigenvalue weighted by Gasteiger charge is 2.32. The number of fused-ring (bicyclic) bond motifs is 1. The standard InChI is InChI=1S/C21H24F3N3O5S/c1-25-18(28)15-11-33-16-10-14(12-2-3-12)19(26-17(15)16)32-13-4-6-27(7-5-13)20(29)30-8-9-31-21(22,23)24/h10-13H,2-9H2,1H3,(H,25,28). The van der Waals surface area contributed by atoms with Crippen LogP contribution in [0.4, 0.5) is 18.0 Å². The van der Waals surface area contributed by atoms with Gasteiger partial charge in [-0.1, -0.05) is 0 Å². The summed E-state index contributed by atoms with van der Waals surface area (Å²) in [6, 6.07) is 2.06. The number of amides is 2. The molecule has 2 aromatic heterocycles. The zero-order valence-corrected chi connectivity index (χ0v) is 18.8. The quantitative estimate of drug-likeness (QED) is 0.593. The number of ether oxygens (including phenoxy) is 3. The van der Waals surface area contributed by atoms with E-state index >= 15 is 0 Å². The Hall–Kier alpha value is -2.60. The van der Waals surface area contributed by atoms with Gasteiger partial charge >= 0.3 is 12.5 Å². The number of pyridine rings is 1. The van der Waals surface area contributed by atoms with Crippen LogP contribution in [-0.2, 0) is 9.47 Å². The highest BCUT2D eigenvalue weighted by molar-refractivity contribution is 7.17. The van der Waals surface area contributed by atoms with Gasteiger partial charge in [-0.2, -0.15) is 0 Å². The molecule has 1 aliphatic carbocycles. The first-order chi connectivity index (χ1) is 15.7. The summed E-state index contributed by atoms with van der Waals surface area (Å²) < 4.78 is 51.5. The summed E-state index contributed by atoms with van der Waals surface area (Å²) in [5.41, 5.74) is 2.16. The molecule has 8 nitrogen and oxygen atoms in total. The predicted octanol–water partition coefficient (Wildman–Crippen LogP) is 4.05. The third kappa shape index (κ3) is 5.85. The van der Waals surface area contributed by atoms with Gasteiger partial charge in [0, 0.05) is 43.9 Å². The summed E-state index contributed by atoms with van der Waals surface area (Å²) in [7, 11) is 1.57. The van der Waals surface area contributed by atoms with Crippen molar-refractivity contribution in [3.63, 3.8) is 0 Å². The van der Waals surface area contributed by atoms with Gasteiger partial charge in [0.25, 0.3) is 5.91 Å². The van der Waals surface area contributed by atoms with Crippen molar-refractivity contribution in [3.05, 3.63) is 22.6 Å². The Morgan fingerprint density at radius 1 is 1.21 bits per heavy atom. The highest BCUT2D eigenvalue weighted by atomic mass is 32.1. The minimum atomic E-state index is -4.75. The number of rotatable bonds is 7. The number of piperidine rings is 1. The molecule has 0 unspecified atom stereocenters. The van der Waals surface area contributed by atoms with E-state index in [2.05, 4.69) is 16.1 Å². The molecular formula is C21H24F3N3O5S. The van der Waals surface area contributed by atoms with E-state index in [-0.39, 0.29) is 12.0 Å². The van der Waals surface area contributed by atoms with E-state index in [1.54, 1.807) is 12.4 Å². The van der Waals surface area contributed by atoms with Crippen LogP contribution in [0.1, 0.15) is 47.5 Å². The van der Waals surface area contributed by atoms with E-state index in [0.29, 0.717) is 48.8 Å². The average Bonchev–Trinajstić information content (AvgIpc) is 3.55. The van der Waals surface area contributed by atoms with Crippen LogP contribution < -0.4 is 10.1 Å². The summed E-state index contributed by atoms with van der Waals surface area (Å²) >= 11 is 1.48. The van der Waals surface area contributed by atoms with Crippen LogP contribution in [0.2, 0.25) is 0 Å². The summed E-state index contributed by atoms with van der Waals surface area (Å²) in [6.45, 7) is -0.509. The Morgan fingerprint density at radius 3 is 2.58 bits per heavy atom. The summed E-state index contributed by atoms with van der Waals surface area (Å²) in [5.74, 6) is 0.724.